The van der Waals surface area contributed by atoms with Gasteiger partial charge in [0.05, 0.1) is 22.3 Å². The molecule has 0 saturated carbocycles. The number of allylic oxidation sites excluding steroid dienone is 1. The highest BCUT2D eigenvalue weighted by molar-refractivity contribution is 14.1. The van der Waals surface area contributed by atoms with Gasteiger partial charge in [0.1, 0.15) is 6.61 Å². The Bertz CT molecular complexity index is 1090. The van der Waals surface area contributed by atoms with Gasteiger partial charge in [-0.25, -0.2) is 0 Å². The van der Waals surface area contributed by atoms with Gasteiger partial charge in [0.15, 0.2) is 11.5 Å². The van der Waals surface area contributed by atoms with Crippen LogP contribution in [0.5, 0.6) is 11.5 Å². The lowest BCUT2D eigenvalue weighted by atomic mass is 10.0. The first-order valence-corrected chi connectivity index (χ1v) is 10.5. The molecule has 0 heterocycles. The fraction of sp³-hybridized carbons (Fsp3) is 0.0870. The normalized spacial score (nSPS) is 11.1. The number of nitrogens with zero attached hydrogens (tertiary/aromatic N) is 1. The van der Waals surface area contributed by atoms with Crippen LogP contribution in [0.1, 0.15) is 16.7 Å². The van der Waals surface area contributed by atoms with E-state index < -0.39 is 0 Å². The van der Waals surface area contributed by atoms with Gasteiger partial charge < -0.3 is 9.47 Å². The first-order chi connectivity index (χ1) is 14.0. The van der Waals surface area contributed by atoms with Gasteiger partial charge in [-0.15, -0.1) is 0 Å². The number of methoxy groups -OCH3 is 1. The number of hydrogen-bond donors (Lipinski definition) is 0. The van der Waals surface area contributed by atoms with Crippen molar-refractivity contribution in [3.63, 3.8) is 0 Å². The highest BCUT2D eigenvalue weighted by Gasteiger charge is 2.13. The van der Waals surface area contributed by atoms with Gasteiger partial charge in [0.25, 0.3) is 0 Å². The molecule has 0 saturated heterocycles. The lowest BCUT2D eigenvalue weighted by molar-refractivity contribution is 0.282. The number of nitriles is 1. The van der Waals surface area contributed by atoms with Crippen LogP contribution >= 0.6 is 45.8 Å². The Morgan fingerprint density at radius 1 is 1.10 bits per heavy atom. The zero-order chi connectivity index (χ0) is 20.8. The standard InChI is InChI=1S/C23H16Cl2INO2/c1-28-22-12-15(10-18(13-27)16-6-8-19(24)9-7-16)11-21(26)23(22)29-14-17-4-2-3-5-20(17)25/h2-12H,14H2,1H3. The first kappa shape index (κ1) is 21.5. The molecule has 3 aromatic carbocycles. The van der Waals surface area contributed by atoms with E-state index in [9.17, 15) is 5.26 Å². The molecule has 0 spiro atoms. The maximum absolute atomic E-state index is 9.58. The lowest BCUT2D eigenvalue weighted by Crippen LogP contribution is -2.00. The maximum Gasteiger partial charge on any atom is 0.174 e. The molecule has 0 amide bonds. The summed E-state index contributed by atoms with van der Waals surface area (Å²) in [6.45, 7) is 0.329. The third kappa shape index (κ3) is 5.45. The Hall–Kier alpha value is -2.20. The van der Waals surface area contributed by atoms with E-state index in [0.717, 1.165) is 20.3 Å². The summed E-state index contributed by atoms with van der Waals surface area (Å²) in [5.41, 5.74) is 3.06. The monoisotopic (exact) mass is 535 g/mol. The molecule has 0 aromatic heterocycles. The quantitative estimate of drug-likeness (QED) is 0.190. The van der Waals surface area contributed by atoms with Crippen molar-refractivity contribution in [2.45, 2.75) is 6.61 Å². The van der Waals surface area contributed by atoms with Gasteiger partial charge in [0.2, 0.25) is 0 Å². The van der Waals surface area contributed by atoms with Gasteiger partial charge in [-0.1, -0.05) is 53.5 Å². The van der Waals surface area contributed by atoms with Gasteiger partial charge >= 0.3 is 0 Å². The topological polar surface area (TPSA) is 42.2 Å². The molecule has 0 aliphatic heterocycles. The number of benzene rings is 3. The smallest absolute Gasteiger partial charge is 0.174 e. The van der Waals surface area contributed by atoms with E-state index in [4.69, 9.17) is 32.7 Å². The van der Waals surface area contributed by atoms with Crippen molar-refractivity contribution in [3.05, 3.63) is 91.0 Å². The molecular weight excluding hydrogens is 520 g/mol. The minimum atomic E-state index is 0.329. The molecule has 0 atom stereocenters. The maximum atomic E-state index is 9.58. The molecule has 29 heavy (non-hydrogen) atoms. The molecule has 6 heteroatoms. The molecule has 0 radical (unpaired) electrons. The summed E-state index contributed by atoms with van der Waals surface area (Å²) in [6, 6.07) is 20.7. The summed E-state index contributed by atoms with van der Waals surface area (Å²) in [7, 11) is 1.59. The van der Waals surface area contributed by atoms with Crippen molar-refractivity contribution in [2.75, 3.05) is 7.11 Å². The Kier molecular flexibility index (Phi) is 7.43. The van der Waals surface area contributed by atoms with E-state index in [1.165, 1.54) is 0 Å². The second-order valence-electron chi connectivity index (χ2n) is 6.09. The molecule has 3 aromatic rings. The Labute approximate surface area is 193 Å². The number of halogens is 3. The lowest BCUT2D eigenvalue weighted by Gasteiger charge is -2.14. The van der Waals surface area contributed by atoms with Crippen LogP contribution in [0.4, 0.5) is 0 Å². The van der Waals surface area contributed by atoms with Gasteiger partial charge in [0, 0.05) is 15.6 Å². The number of rotatable bonds is 6. The highest BCUT2D eigenvalue weighted by Crippen LogP contribution is 2.36. The van der Waals surface area contributed by atoms with E-state index in [1.807, 2.05) is 54.6 Å². The molecule has 146 valence electrons. The Morgan fingerprint density at radius 2 is 1.83 bits per heavy atom. The number of ether oxygens (including phenoxy) is 2. The van der Waals surface area contributed by atoms with E-state index in [2.05, 4.69) is 28.7 Å². The summed E-state index contributed by atoms with van der Waals surface area (Å²) in [5, 5.41) is 10.9. The van der Waals surface area contributed by atoms with Crippen molar-refractivity contribution >= 4 is 57.4 Å². The molecule has 3 rings (SSSR count). The second-order valence-corrected chi connectivity index (χ2v) is 8.10. The van der Waals surface area contributed by atoms with Gasteiger partial charge in [-0.2, -0.15) is 5.26 Å². The molecule has 0 N–H and O–H groups in total. The summed E-state index contributed by atoms with van der Waals surface area (Å²) in [6.07, 6.45) is 1.81. The van der Waals surface area contributed by atoms with Gasteiger partial charge in [-0.05, 0) is 70.1 Å². The Balaban J connectivity index is 1.90. The van der Waals surface area contributed by atoms with Crippen LogP contribution in [0, 0.1) is 14.9 Å². The van der Waals surface area contributed by atoms with E-state index in [1.54, 1.807) is 19.2 Å². The van der Waals surface area contributed by atoms with Crippen LogP contribution in [-0.2, 0) is 6.61 Å². The van der Waals surface area contributed by atoms with Crippen molar-refractivity contribution in [3.8, 4) is 17.6 Å². The largest absolute Gasteiger partial charge is 0.493 e. The summed E-state index contributed by atoms with van der Waals surface area (Å²) in [5.74, 6) is 1.22. The van der Waals surface area contributed by atoms with Crippen molar-refractivity contribution in [1.82, 2.24) is 0 Å². The zero-order valence-electron chi connectivity index (χ0n) is 15.5. The van der Waals surface area contributed by atoms with E-state index in [0.29, 0.717) is 33.7 Å². The average Bonchev–Trinajstić information content (AvgIpc) is 2.72. The Morgan fingerprint density at radius 3 is 2.48 bits per heavy atom. The summed E-state index contributed by atoms with van der Waals surface area (Å²) >= 11 is 14.3. The van der Waals surface area contributed by atoms with Crippen molar-refractivity contribution < 1.29 is 9.47 Å². The fourth-order valence-corrected chi connectivity index (χ4v) is 3.80. The van der Waals surface area contributed by atoms with Crippen molar-refractivity contribution in [1.29, 1.82) is 5.26 Å². The number of hydrogen-bond acceptors (Lipinski definition) is 3. The van der Waals surface area contributed by atoms with Crippen LogP contribution in [-0.4, -0.2) is 7.11 Å². The third-order valence-corrected chi connectivity index (χ3v) is 5.59. The van der Waals surface area contributed by atoms with Crippen LogP contribution in [0.25, 0.3) is 11.6 Å². The fourth-order valence-electron chi connectivity index (χ4n) is 2.70. The van der Waals surface area contributed by atoms with Crippen LogP contribution in [0.3, 0.4) is 0 Å². The molecule has 0 unspecified atom stereocenters. The highest BCUT2D eigenvalue weighted by atomic mass is 127. The minimum absolute atomic E-state index is 0.329. The molecule has 0 aliphatic carbocycles. The predicted octanol–water partition coefficient (Wildman–Crippen LogP) is 7.25. The van der Waals surface area contributed by atoms with Crippen LogP contribution in [0.15, 0.2) is 60.7 Å². The van der Waals surface area contributed by atoms with E-state index in [-0.39, 0.29) is 0 Å². The predicted molar refractivity (Wildman–Crippen MR) is 126 cm³/mol. The molecule has 0 aliphatic rings. The molecule has 0 fully saturated rings. The molecule has 3 nitrogen and oxygen atoms in total. The summed E-state index contributed by atoms with van der Waals surface area (Å²) < 4.78 is 12.4. The average molecular weight is 536 g/mol. The second kappa shape index (κ2) is 10.0. The molecule has 0 bridgehead atoms. The third-order valence-electron chi connectivity index (χ3n) is 4.17. The zero-order valence-corrected chi connectivity index (χ0v) is 19.1. The van der Waals surface area contributed by atoms with Gasteiger partial charge in [-0.3, -0.25) is 0 Å². The summed E-state index contributed by atoms with van der Waals surface area (Å²) in [4.78, 5) is 0. The van der Waals surface area contributed by atoms with Crippen LogP contribution < -0.4 is 9.47 Å². The SMILES string of the molecule is COc1cc(C=C(C#N)c2ccc(Cl)cc2)cc(I)c1OCc1ccccc1Cl. The molecular formula is C23H16Cl2INO2. The van der Waals surface area contributed by atoms with Crippen molar-refractivity contribution in [2.24, 2.45) is 0 Å². The van der Waals surface area contributed by atoms with Crippen LogP contribution in [0.2, 0.25) is 10.0 Å². The minimum Gasteiger partial charge on any atom is -0.493 e. The van der Waals surface area contributed by atoms with E-state index >= 15 is 0 Å². The first-order valence-electron chi connectivity index (χ1n) is 8.63.